The van der Waals surface area contributed by atoms with Crippen LogP contribution in [-0.4, -0.2) is 29.8 Å². The fourth-order valence-corrected chi connectivity index (χ4v) is 2.25. The first-order valence-corrected chi connectivity index (χ1v) is 5.95. The second-order valence-corrected chi connectivity index (χ2v) is 4.97. The lowest BCUT2D eigenvalue weighted by molar-refractivity contribution is 0.0151. The van der Waals surface area contributed by atoms with Crippen LogP contribution in [-0.2, 0) is 17.8 Å². The number of imidazole rings is 1. The molecule has 0 radical (unpaired) electrons. The van der Waals surface area contributed by atoms with Gasteiger partial charge in [0.2, 0.25) is 0 Å². The van der Waals surface area contributed by atoms with Gasteiger partial charge in [-0.2, -0.15) is 0 Å². The Balaban J connectivity index is 2.04. The van der Waals surface area contributed by atoms with E-state index in [0.29, 0.717) is 5.41 Å². The van der Waals surface area contributed by atoms with Gasteiger partial charge in [-0.3, -0.25) is 0 Å². The van der Waals surface area contributed by atoms with E-state index >= 15 is 0 Å². The van der Waals surface area contributed by atoms with Crippen molar-refractivity contribution in [3.05, 3.63) is 18.2 Å². The lowest BCUT2D eigenvalue weighted by Crippen LogP contribution is -2.31. The van der Waals surface area contributed by atoms with Gasteiger partial charge in [-0.15, -0.1) is 0 Å². The first-order valence-electron chi connectivity index (χ1n) is 5.95. The summed E-state index contributed by atoms with van der Waals surface area (Å²) in [5, 5.41) is 3.17. The van der Waals surface area contributed by atoms with Gasteiger partial charge >= 0.3 is 0 Å². The summed E-state index contributed by atoms with van der Waals surface area (Å²) in [6.45, 7) is 6.07. The van der Waals surface area contributed by atoms with Crippen molar-refractivity contribution in [1.29, 1.82) is 0 Å². The molecule has 1 saturated heterocycles. The van der Waals surface area contributed by atoms with Crippen molar-refractivity contribution < 1.29 is 4.74 Å². The van der Waals surface area contributed by atoms with Gasteiger partial charge in [-0.25, -0.2) is 4.98 Å². The highest BCUT2D eigenvalue weighted by molar-refractivity contribution is 4.99. The quantitative estimate of drug-likeness (QED) is 0.839. The first-order chi connectivity index (χ1) is 7.73. The molecule has 0 spiro atoms. The predicted octanol–water partition coefficient (Wildman–Crippen LogP) is 1.42. The van der Waals surface area contributed by atoms with Crippen molar-refractivity contribution in [3.63, 3.8) is 0 Å². The van der Waals surface area contributed by atoms with E-state index in [-0.39, 0.29) is 0 Å². The van der Waals surface area contributed by atoms with Crippen LogP contribution < -0.4 is 5.32 Å². The maximum atomic E-state index is 5.42. The van der Waals surface area contributed by atoms with Crippen molar-refractivity contribution in [1.82, 2.24) is 14.9 Å². The minimum Gasteiger partial charge on any atom is -0.381 e. The van der Waals surface area contributed by atoms with Crippen LogP contribution in [0, 0.1) is 5.41 Å². The summed E-state index contributed by atoms with van der Waals surface area (Å²) < 4.78 is 7.69. The summed E-state index contributed by atoms with van der Waals surface area (Å²) in [6, 6.07) is 0. The highest BCUT2D eigenvalue weighted by atomic mass is 16.5. The normalized spacial score (nSPS) is 19.9. The fraction of sp³-hybridized carbons (Fsp3) is 0.750. The van der Waals surface area contributed by atoms with Gasteiger partial charge < -0.3 is 14.6 Å². The zero-order valence-electron chi connectivity index (χ0n) is 10.2. The molecule has 0 saturated carbocycles. The highest BCUT2D eigenvalue weighted by Gasteiger charge is 2.28. The third-order valence-electron chi connectivity index (χ3n) is 3.41. The van der Waals surface area contributed by atoms with Crippen molar-refractivity contribution in [2.45, 2.75) is 32.9 Å². The molecule has 0 amide bonds. The van der Waals surface area contributed by atoms with Crippen LogP contribution in [0.5, 0.6) is 0 Å². The molecule has 1 aliphatic heterocycles. The molecule has 16 heavy (non-hydrogen) atoms. The highest BCUT2D eigenvalue weighted by Crippen LogP contribution is 2.31. The number of nitrogens with one attached hydrogen (secondary N) is 1. The number of hydrogen-bond acceptors (Lipinski definition) is 3. The zero-order chi connectivity index (χ0) is 11.4. The average molecular weight is 223 g/mol. The standard InChI is InChI=1S/C12H21N3O/c1-12(3-5-16-6-4-12)9-15-10-14-8-11(15)7-13-2/h8,10,13H,3-7,9H2,1-2H3. The molecule has 0 aliphatic carbocycles. The number of rotatable bonds is 4. The number of hydrogen-bond donors (Lipinski definition) is 1. The summed E-state index contributed by atoms with van der Waals surface area (Å²) in [5.41, 5.74) is 1.62. The Morgan fingerprint density at radius 1 is 1.50 bits per heavy atom. The summed E-state index contributed by atoms with van der Waals surface area (Å²) in [7, 11) is 1.97. The Hall–Kier alpha value is -0.870. The van der Waals surface area contributed by atoms with Gasteiger partial charge in [0.05, 0.1) is 12.0 Å². The molecule has 0 unspecified atom stereocenters. The Morgan fingerprint density at radius 2 is 2.25 bits per heavy atom. The number of nitrogens with zero attached hydrogens (tertiary/aromatic N) is 2. The van der Waals surface area contributed by atoms with Gasteiger partial charge in [0.25, 0.3) is 0 Å². The predicted molar refractivity (Wildman–Crippen MR) is 63.2 cm³/mol. The van der Waals surface area contributed by atoms with E-state index in [2.05, 4.69) is 21.8 Å². The zero-order valence-corrected chi connectivity index (χ0v) is 10.2. The maximum absolute atomic E-state index is 5.42. The molecule has 0 bridgehead atoms. The fourth-order valence-electron chi connectivity index (χ4n) is 2.25. The Bertz CT molecular complexity index is 329. The van der Waals surface area contributed by atoms with Crippen molar-refractivity contribution in [2.24, 2.45) is 5.41 Å². The molecule has 4 heteroatoms. The van der Waals surface area contributed by atoms with Crippen LogP contribution in [0.3, 0.4) is 0 Å². The topological polar surface area (TPSA) is 39.1 Å². The Labute approximate surface area is 97.0 Å². The van der Waals surface area contributed by atoms with Gasteiger partial charge in [-0.05, 0) is 25.3 Å². The molecule has 0 atom stereocenters. The molecule has 90 valence electrons. The third-order valence-corrected chi connectivity index (χ3v) is 3.41. The number of aromatic nitrogens is 2. The average Bonchev–Trinajstić information content (AvgIpc) is 2.67. The van der Waals surface area contributed by atoms with E-state index in [9.17, 15) is 0 Å². The lowest BCUT2D eigenvalue weighted by Gasteiger charge is -2.34. The molecule has 2 heterocycles. The molecular formula is C12H21N3O. The van der Waals surface area contributed by atoms with Crippen molar-refractivity contribution in [3.8, 4) is 0 Å². The maximum Gasteiger partial charge on any atom is 0.0948 e. The summed E-state index contributed by atoms with van der Waals surface area (Å²) >= 11 is 0. The molecule has 1 N–H and O–H groups in total. The Kier molecular flexibility index (Phi) is 3.61. The second kappa shape index (κ2) is 4.97. The van der Waals surface area contributed by atoms with E-state index in [4.69, 9.17) is 4.74 Å². The molecule has 1 aromatic rings. The molecule has 1 fully saturated rings. The van der Waals surface area contributed by atoms with E-state index in [1.165, 1.54) is 5.69 Å². The monoisotopic (exact) mass is 223 g/mol. The molecule has 0 aromatic carbocycles. The summed E-state index contributed by atoms with van der Waals surface area (Å²) in [6.07, 6.45) is 6.17. The van der Waals surface area contributed by atoms with E-state index in [1.807, 2.05) is 19.6 Å². The smallest absolute Gasteiger partial charge is 0.0948 e. The van der Waals surface area contributed by atoms with E-state index in [1.54, 1.807) is 0 Å². The first kappa shape index (κ1) is 11.6. The van der Waals surface area contributed by atoms with Gasteiger partial charge in [0, 0.05) is 32.5 Å². The van der Waals surface area contributed by atoms with E-state index in [0.717, 1.165) is 39.1 Å². The Morgan fingerprint density at radius 3 is 2.94 bits per heavy atom. The minimum absolute atomic E-state index is 0.363. The van der Waals surface area contributed by atoms with Crippen molar-refractivity contribution >= 4 is 0 Å². The van der Waals surface area contributed by atoms with Crippen LogP contribution in [0.1, 0.15) is 25.5 Å². The number of ether oxygens (including phenoxy) is 1. The third kappa shape index (κ3) is 2.62. The van der Waals surface area contributed by atoms with Crippen LogP contribution in [0.25, 0.3) is 0 Å². The minimum atomic E-state index is 0.363. The van der Waals surface area contributed by atoms with Crippen LogP contribution >= 0.6 is 0 Å². The van der Waals surface area contributed by atoms with Crippen LogP contribution in [0.2, 0.25) is 0 Å². The molecule has 2 rings (SSSR count). The van der Waals surface area contributed by atoms with E-state index < -0.39 is 0 Å². The summed E-state index contributed by atoms with van der Waals surface area (Å²) in [4.78, 5) is 4.23. The van der Waals surface area contributed by atoms with Gasteiger partial charge in [0.1, 0.15) is 0 Å². The van der Waals surface area contributed by atoms with Crippen molar-refractivity contribution in [2.75, 3.05) is 20.3 Å². The second-order valence-electron chi connectivity index (χ2n) is 4.97. The largest absolute Gasteiger partial charge is 0.381 e. The summed E-state index contributed by atoms with van der Waals surface area (Å²) in [5.74, 6) is 0. The SMILES string of the molecule is CNCc1cncn1CC1(C)CCOCC1. The lowest BCUT2D eigenvalue weighted by atomic mass is 9.82. The van der Waals surface area contributed by atoms with Crippen LogP contribution in [0.4, 0.5) is 0 Å². The molecular weight excluding hydrogens is 202 g/mol. The van der Waals surface area contributed by atoms with Crippen LogP contribution in [0.15, 0.2) is 12.5 Å². The van der Waals surface area contributed by atoms with Gasteiger partial charge in [-0.1, -0.05) is 6.92 Å². The molecule has 1 aliphatic rings. The molecule has 4 nitrogen and oxygen atoms in total. The van der Waals surface area contributed by atoms with Gasteiger partial charge in [0.15, 0.2) is 0 Å². The molecule has 1 aromatic heterocycles.